The van der Waals surface area contributed by atoms with Crippen LogP contribution in [0.25, 0.3) is 11.5 Å². The number of nitrogens with zero attached hydrogens (tertiary/aromatic N) is 2. The highest BCUT2D eigenvalue weighted by atomic mass is 32.2. The van der Waals surface area contributed by atoms with E-state index in [9.17, 15) is 10.1 Å². The van der Waals surface area contributed by atoms with E-state index in [0.29, 0.717) is 11.6 Å². The average molecular weight is 342 g/mol. The van der Waals surface area contributed by atoms with Gasteiger partial charge in [-0.15, -0.1) is 11.8 Å². The second-order valence-corrected chi connectivity index (χ2v) is 5.96. The number of nitro benzene ring substituents is 1. The van der Waals surface area contributed by atoms with Gasteiger partial charge < -0.3 is 9.15 Å². The molecule has 0 fully saturated rings. The molecule has 0 N–H and O–H groups in total. The van der Waals surface area contributed by atoms with Gasteiger partial charge in [0.2, 0.25) is 5.89 Å². The predicted molar refractivity (Wildman–Crippen MR) is 91.1 cm³/mol. The van der Waals surface area contributed by atoms with E-state index in [1.165, 1.54) is 12.1 Å². The zero-order valence-corrected chi connectivity index (χ0v) is 13.7. The summed E-state index contributed by atoms with van der Waals surface area (Å²) in [6.07, 6.45) is 1.62. The molecule has 0 radical (unpaired) electrons. The normalized spacial score (nSPS) is 10.5. The number of aromatic nitrogens is 1. The molecule has 0 spiro atoms. The highest BCUT2D eigenvalue weighted by Crippen LogP contribution is 2.27. The molecule has 6 nitrogen and oxygen atoms in total. The molecule has 2 aromatic carbocycles. The summed E-state index contributed by atoms with van der Waals surface area (Å²) in [6, 6.07) is 13.9. The van der Waals surface area contributed by atoms with Gasteiger partial charge in [-0.2, -0.15) is 0 Å². The van der Waals surface area contributed by atoms with Crippen LogP contribution in [0, 0.1) is 10.1 Å². The summed E-state index contributed by atoms with van der Waals surface area (Å²) < 4.78 is 10.6. The molecule has 1 heterocycles. The maximum absolute atomic E-state index is 10.6. The van der Waals surface area contributed by atoms with E-state index in [2.05, 4.69) is 4.98 Å². The smallest absolute Gasteiger partial charge is 0.269 e. The van der Waals surface area contributed by atoms with Crippen LogP contribution in [0.3, 0.4) is 0 Å². The lowest BCUT2D eigenvalue weighted by molar-refractivity contribution is -0.384. The van der Waals surface area contributed by atoms with Crippen LogP contribution < -0.4 is 4.74 Å². The van der Waals surface area contributed by atoms with Gasteiger partial charge in [0, 0.05) is 28.3 Å². The largest absolute Gasteiger partial charge is 0.497 e. The highest BCUT2D eigenvalue weighted by Gasteiger charge is 2.08. The number of oxazole rings is 1. The van der Waals surface area contributed by atoms with E-state index in [0.717, 1.165) is 21.9 Å². The molecule has 0 aliphatic rings. The third kappa shape index (κ3) is 3.75. The molecular formula is C17H14N2O4S. The summed E-state index contributed by atoms with van der Waals surface area (Å²) in [5.74, 6) is 1.95. The summed E-state index contributed by atoms with van der Waals surface area (Å²) in [4.78, 5) is 15.6. The van der Waals surface area contributed by atoms with Crippen LogP contribution in [0.15, 0.2) is 64.1 Å². The standard InChI is InChI=1S/C17H14N2O4S/c1-22-15-6-2-12(3-7-15)17-18-13(10-23-17)11-24-16-8-4-14(5-9-16)19(20)21/h2-10H,11H2,1H3. The Morgan fingerprint density at radius 1 is 1.17 bits per heavy atom. The Morgan fingerprint density at radius 2 is 1.88 bits per heavy atom. The number of nitro groups is 1. The van der Waals surface area contributed by atoms with Gasteiger partial charge in [0.15, 0.2) is 0 Å². The number of benzene rings is 2. The zero-order chi connectivity index (χ0) is 16.9. The Labute approximate surface area is 142 Å². The van der Waals surface area contributed by atoms with Crippen molar-refractivity contribution in [3.8, 4) is 17.2 Å². The van der Waals surface area contributed by atoms with Crippen molar-refractivity contribution in [1.29, 1.82) is 0 Å². The number of hydrogen-bond acceptors (Lipinski definition) is 6. The van der Waals surface area contributed by atoms with Gasteiger partial charge in [0.05, 0.1) is 17.7 Å². The van der Waals surface area contributed by atoms with Crippen LogP contribution in [-0.2, 0) is 5.75 Å². The molecule has 0 aliphatic carbocycles. The number of thioether (sulfide) groups is 1. The minimum absolute atomic E-state index is 0.0857. The van der Waals surface area contributed by atoms with E-state index in [4.69, 9.17) is 9.15 Å². The fourth-order valence-corrected chi connectivity index (χ4v) is 2.84. The molecule has 0 bridgehead atoms. The first-order chi connectivity index (χ1) is 11.7. The number of methoxy groups -OCH3 is 1. The molecule has 3 rings (SSSR count). The Hall–Kier alpha value is -2.80. The predicted octanol–water partition coefficient (Wildman–Crippen LogP) is 4.55. The van der Waals surface area contributed by atoms with E-state index in [1.54, 1.807) is 37.3 Å². The maximum Gasteiger partial charge on any atom is 0.269 e. The van der Waals surface area contributed by atoms with Gasteiger partial charge >= 0.3 is 0 Å². The molecule has 0 saturated heterocycles. The lowest BCUT2D eigenvalue weighted by atomic mass is 10.2. The summed E-state index contributed by atoms with van der Waals surface area (Å²) in [6.45, 7) is 0. The zero-order valence-electron chi connectivity index (χ0n) is 12.8. The highest BCUT2D eigenvalue weighted by molar-refractivity contribution is 7.98. The third-order valence-electron chi connectivity index (χ3n) is 3.32. The second kappa shape index (κ2) is 7.18. The molecule has 0 saturated carbocycles. The lowest BCUT2D eigenvalue weighted by Gasteiger charge is -2.00. The monoisotopic (exact) mass is 342 g/mol. The average Bonchev–Trinajstić information content (AvgIpc) is 3.09. The number of non-ortho nitro benzene ring substituents is 1. The van der Waals surface area contributed by atoms with Crippen LogP contribution >= 0.6 is 11.8 Å². The van der Waals surface area contributed by atoms with E-state index in [1.807, 2.05) is 24.3 Å². The molecule has 0 amide bonds. The first-order valence-electron chi connectivity index (χ1n) is 7.12. The summed E-state index contributed by atoms with van der Waals surface area (Å²) in [5.41, 5.74) is 1.77. The van der Waals surface area contributed by atoms with E-state index >= 15 is 0 Å². The van der Waals surface area contributed by atoms with Gasteiger partial charge in [-0.05, 0) is 36.4 Å². The van der Waals surface area contributed by atoms with Crippen LogP contribution in [0.4, 0.5) is 5.69 Å². The minimum Gasteiger partial charge on any atom is -0.497 e. The van der Waals surface area contributed by atoms with Crippen molar-refractivity contribution in [2.45, 2.75) is 10.6 Å². The molecular weight excluding hydrogens is 328 g/mol. The van der Waals surface area contributed by atoms with Gasteiger partial charge in [-0.1, -0.05) is 0 Å². The fraction of sp³-hybridized carbons (Fsp3) is 0.118. The van der Waals surface area contributed by atoms with Crippen molar-refractivity contribution in [2.75, 3.05) is 7.11 Å². The molecule has 1 aromatic heterocycles. The topological polar surface area (TPSA) is 78.4 Å². The molecule has 0 atom stereocenters. The van der Waals surface area contributed by atoms with E-state index < -0.39 is 4.92 Å². The molecule has 0 aliphatic heterocycles. The van der Waals surface area contributed by atoms with Crippen LogP contribution in [0.2, 0.25) is 0 Å². The number of ether oxygens (including phenoxy) is 1. The Bertz CT molecular complexity index is 829. The summed E-state index contributed by atoms with van der Waals surface area (Å²) >= 11 is 1.54. The van der Waals surface area contributed by atoms with Gasteiger partial charge in [-0.3, -0.25) is 10.1 Å². The Morgan fingerprint density at radius 3 is 2.50 bits per heavy atom. The summed E-state index contributed by atoms with van der Waals surface area (Å²) in [5, 5.41) is 10.6. The van der Waals surface area contributed by atoms with Crippen LogP contribution in [-0.4, -0.2) is 17.0 Å². The Balaban J connectivity index is 1.64. The van der Waals surface area contributed by atoms with Crippen molar-refractivity contribution >= 4 is 17.4 Å². The van der Waals surface area contributed by atoms with Crippen LogP contribution in [0.1, 0.15) is 5.69 Å². The minimum atomic E-state index is -0.410. The molecule has 24 heavy (non-hydrogen) atoms. The van der Waals surface area contributed by atoms with Crippen molar-refractivity contribution in [1.82, 2.24) is 4.98 Å². The molecule has 3 aromatic rings. The second-order valence-electron chi connectivity index (χ2n) is 4.91. The van der Waals surface area contributed by atoms with E-state index in [-0.39, 0.29) is 5.69 Å². The Kier molecular flexibility index (Phi) is 4.81. The molecule has 122 valence electrons. The number of hydrogen-bond donors (Lipinski definition) is 0. The third-order valence-corrected chi connectivity index (χ3v) is 4.37. The maximum atomic E-state index is 10.6. The van der Waals surface area contributed by atoms with Crippen molar-refractivity contribution in [2.24, 2.45) is 0 Å². The van der Waals surface area contributed by atoms with Crippen LogP contribution in [0.5, 0.6) is 5.75 Å². The SMILES string of the molecule is COc1ccc(-c2nc(CSc3ccc([N+](=O)[O-])cc3)co2)cc1. The van der Waals surface area contributed by atoms with Gasteiger partial charge in [-0.25, -0.2) is 4.98 Å². The van der Waals surface area contributed by atoms with Gasteiger partial charge in [0.1, 0.15) is 12.0 Å². The first-order valence-corrected chi connectivity index (χ1v) is 8.10. The fourth-order valence-electron chi connectivity index (χ4n) is 2.06. The quantitative estimate of drug-likeness (QED) is 0.371. The first kappa shape index (κ1) is 16.1. The summed E-state index contributed by atoms with van der Waals surface area (Å²) in [7, 11) is 1.62. The molecule has 7 heteroatoms. The number of rotatable bonds is 6. The van der Waals surface area contributed by atoms with Crippen molar-refractivity contribution < 1.29 is 14.1 Å². The lowest BCUT2D eigenvalue weighted by Crippen LogP contribution is -1.87. The molecule has 0 unspecified atom stereocenters. The van der Waals surface area contributed by atoms with Crippen molar-refractivity contribution in [3.63, 3.8) is 0 Å². The van der Waals surface area contributed by atoms with Gasteiger partial charge in [0.25, 0.3) is 5.69 Å². The van der Waals surface area contributed by atoms with Crippen molar-refractivity contribution in [3.05, 3.63) is 70.6 Å².